The van der Waals surface area contributed by atoms with Crippen LogP contribution in [0, 0.1) is 0 Å². The zero-order valence-electron chi connectivity index (χ0n) is 14.4. The molecule has 0 saturated heterocycles. The molecule has 0 N–H and O–H groups in total. The topological polar surface area (TPSA) is 42.9 Å². The van der Waals surface area contributed by atoms with Gasteiger partial charge in [-0.15, -0.1) is 0 Å². The van der Waals surface area contributed by atoms with Crippen LogP contribution in [0.15, 0.2) is 36.4 Å². The lowest BCUT2D eigenvalue weighted by molar-refractivity contribution is -1.15. The van der Waals surface area contributed by atoms with E-state index in [1.165, 1.54) is 0 Å². The van der Waals surface area contributed by atoms with Gasteiger partial charge in [-0.1, -0.05) is 0 Å². The van der Waals surface area contributed by atoms with Gasteiger partial charge in [0.1, 0.15) is 11.5 Å². The second-order valence-electron chi connectivity index (χ2n) is 5.40. The van der Waals surface area contributed by atoms with Crippen LogP contribution in [0.4, 0.5) is 11.4 Å². The maximum atomic E-state index is 5.61. The Balaban J connectivity index is 2.24. The number of benzene rings is 2. The smallest absolute Gasteiger partial charge is 0.340 e. The highest BCUT2D eigenvalue weighted by Gasteiger charge is 2.38. The first-order chi connectivity index (χ1) is 11.7. The Morgan fingerprint density at radius 3 is 1.42 bits per heavy atom. The van der Waals surface area contributed by atoms with Crippen LogP contribution in [-0.2, 0) is 22.5 Å². The monoisotopic (exact) mass is 330 g/mol. The minimum atomic E-state index is 0.820. The maximum absolute atomic E-state index is 5.61. The maximum Gasteiger partial charge on any atom is 0.340 e. The predicted octanol–water partition coefficient (Wildman–Crippen LogP) is 3.37. The lowest BCUT2D eigenvalue weighted by Crippen LogP contribution is -2.22. The largest absolute Gasteiger partial charge is 0.497 e. The predicted molar refractivity (Wildman–Crippen MR) is 87.3 cm³/mol. The number of methoxy groups -OCH3 is 2. The van der Waals surface area contributed by atoms with Crippen molar-refractivity contribution in [1.82, 2.24) is 0 Å². The van der Waals surface area contributed by atoms with Crippen LogP contribution >= 0.6 is 0 Å². The molecular weight excluding hydrogens is 308 g/mol. The first-order valence-corrected chi connectivity index (χ1v) is 7.74. The Hall–Kier alpha value is -2.76. The first kappa shape index (κ1) is 16.1. The van der Waals surface area contributed by atoms with Crippen LogP contribution in [0.3, 0.4) is 0 Å². The van der Waals surface area contributed by atoms with Gasteiger partial charge in [-0.05, 0) is 37.1 Å². The molecule has 0 aromatic heterocycles. The Labute approximate surface area is 141 Å². The molecule has 2 aromatic rings. The third-order valence-corrected chi connectivity index (χ3v) is 4.16. The second kappa shape index (κ2) is 6.78. The number of aryl methyl sites for hydroxylation is 2. The molecular formula is C18H22N2O4+2. The fraction of sp³-hybridized carbons (Fsp3) is 0.333. The Morgan fingerprint density at radius 1 is 0.667 bits per heavy atom. The van der Waals surface area contributed by atoms with E-state index in [-0.39, 0.29) is 0 Å². The third kappa shape index (κ3) is 2.75. The molecule has 3 rings (SSSR count). The Bertz CT molecular complexity index is 721. The molecule has 0 amide bonds. The number of ether oxygens (including phenoxy) is 2. The molecule has 0 aliphatic carbocycles. The van der Waals surface area contributed by atoms with Gasteiger partial charge in [-0.25, -0.2) is 9.68 Å². The van der Waals surface area contributed by atoms with E-state index in [9.17, 15) is 0 Å². The minimum Gasteiger partial charge on any atom is -0.497 e. The van der Waals surface area contributed by atoms with Crippen molar-refractivity contribution in [3.05, 3.63) is 47.5 Å². The summed E-state index contributed by atoms with van der Waals surface area (Å²) in [5, 5.41) is 0. The van der Waals surface area contributed by atoms with Crippen LogP contribution < -0.4 is 9.47 Å². The Kier molecular flexibility index (Phi) is 4.55. The fourth-order valence-corrected chi connectivity index (χ4v) is 2.96. The molecule has 0 spiro atoms. The van der Waals surface area contributed by atoms with E-state index in [4.69, 9.17) is 19.1 Å². The van der Waals surface area contributed by atoms with E-state index >= 15 is 0 Å². The average Bonchev–Trinajstić information content (AvgIpc) is 2.63. The van der Waals surface area contributed by atoms with Crippen LogP contribution in [0.1, 0.15) is 11.1 Å². The van der Waals surface area contributed by atoms with Crippen molar-refractivity contribution in [2.24, 2.45) is 0 Å². The normalized spacial score (nSPS) is 16.3. The average molecular weight is 330 g/mol. The quantitative estimate of drug-likeness (QED) is 0.806. The number of rotatable bonds is 4. The molecule has 0 saturated carbocycles. The summed E-state index contributed by atoms with van der Waals surface area (Å²) in [7, 11) is 6.57. The van der Waals surface area contributed by atoms with Crippen molar-refractivity contribution in [2.45, 2.75) is 12.8 Å². The van der Waals surface area contributed by atoms with E-state index < -0.39 is 0 Å². The molecule has 1 aliphatic heterocycles. The molecule has 126 valence electrons. The van der Waals surface area contributed by atoms with Gasteiger partial charge < -0.3 is 9.47 Å². The van der Waals surface area contributed by atoms with Crippen molar-refractivity contribution in [3.63, 3.8) is 0 Å². The highest BCUT2D eigenvalue weighted by molar-refractivity contribution is 5.49. The first-order valence-electron chi connectivity index (χ1n) is 7.74. The van der Waals surface area contributed by atoms with E-state index in [1.54, 1.807) is 38.2 Å². The summed E-state index contributed by atoms with van der Waals surface area (Å²) in [6, 6.07) is 11.8. The van der Waals surface area contributed by atoms with Gasteiger partial charge in [0, 0.05) is 23.3 Å². The third-order valence-electron chi connectivity index (χ3n) is 4.16. The van der Waals surface area contributed by atoms with Crippen LogP contribution in [0.2, 0.25) is 0 Å². The molecule has 6 heteroatoms. The van der Waals surface area contributed by atoms with E-state index in [0.29, 0.717) is 0 Å². The zero-order chi connectivity index (χ0) is 17.1. The molecule has 0 radical (unpaired) electrons. The van der Waals surface area contributed by atoms with Crippen molar-refractivity contribution in [2.75, 3.05) is 28.4 Å². The minimum absolute atomic E-state index is 0.820. The van der Waals surface area contributed by atoms with Gasteiger partial charge >= 0.3 is 11.4 Å². The van der Waals surface area contributed by atoms with Crippen LogP contribution in [-0.4, -0.2) is 38.2 Å². The summed E-state index contributed by atoms with van der Waals surface area (Å²) in [6.45, 7) is 0. The van der Waals surface area contributed by atoms with Crippen molar-refractivity contribution in [3.8, 4) is 11.5 Å². The second-order valence-corrected chi connectivity index (χ2v) is 5.40. The van der Waals surface area contributed by atoms with Gasteiger partial charge in [0.15, 0.2) is 14.2 Å². The number of nitrogens with zero attached hydrogens (tertiary/aromatic N) is 2. The fourth-order valence-electron chi connectivity index (χ4n) is 2.96. The molecule has 24 heavy (non-hydrogen) atoms. The Morgan fingerprint density at radius 2 is 1.08 bits per heavy atom. The van der Waals surface area contributed by atoms with Gasteiger partial charge in [-0.3, -0.25) is 0 Å². The van der Waals surface area contributed by atoms with Gasteiger partial charge in [-0.2, -0.15) is 0 Å². The summed E-state index contributed by atoms with van der Waals surface area (Å²) in [4.78, 5) is 14.5. The molecule has 1 heterocycles. The standard InChI is InChI=1S/C18H22N2O4/c1-21-15-7-9-17-13(11-15)5-6-14-12-16(22-2)8-10-18(14)20(24-4)19(17)23-3/h7-12H,5-6H2,1-4H3/q+2/b20-19-. The lowest BCUT2D eigenvalue weighted by Gasteiger charge is -2.10. The van der Waals surface area contributed by atoms with E-state index in [0.717, 1.165) is 46.8 Å². The number of fused-ring (bicyclic) bond motifs is 2. The number of hydrogen-bond acceptors (Lipinski definition) is 4. The molecule has 0 fully saturated rings. The molecule has 2 aromatic carbocycles. The molecule has 0 bridgehead atoms. The summed E-state index contributed by atoms with van der Waals surface area (Å²) in [6.07, 6.45) is 1.70. The SMILES string of the molecule is COc1ccc2c(c1)CCc1cc(OC)ccc1/[N+](OC)=[N+]\2OC. The number of azo groups is 1. The summed E-state index contributed by atoms with van der Waals surface area (Å²) < 4.78 is 10.7. The highest BCUT2D eigenvalue weighted by Crippen LogP contribution is 2.33. The van der Waals surface area contributed by atoms with Gasteiger partial charge in [0.05, 0.1) is 14.2 Å². The van der Waals surface area contributed by atoms with Crippen LogP contribution in [0.5, 0.6) is 11.5 Å². The lowest BCUT2D eigenvalue weighted by atomic mass is 10.0. The molecule has 0 unspecified atom stereocenters. The molecule has 1 aliphatic rings. The summed E-state index contributed by atoms with van der Waals surface area (Å²) >= 11 is 0. The van der Waals surface area contributed by atoms with E-state index in [1.807, 2.05) is 36.4 Å². The van der Waals surface area contributed by atoms with Crippen molar-refractivity contribution >= 4 is 11.4 Å². The van der Waals surface area contributed by atoms with Crippen molar-refractivity contribution in [1.29, 1.82) is 0 Å². The highest BCUT2D eigenvalue weighted by atomic mass is 16.8. The van der Waals surface area contributed by atoms with Crippen LogP contribution in [0.25, 0.3) is 0 Å². The van der Waals surface area contributed by atoms with Gasteiger partial charge in [0.25, 0.3) is 9.72 Å². The molecule has 6 nitrogen and oxygen atoms in total. The zero-order valence-corrected chi connectivity index (χ0v) is 14.4. The summed E-state index contributed by atoms with van der Waals surface area (Å²) in [5.74, 6) is 1.64. The van der Waals surface area contributed by atoms with Gasteiger partial charge in [0.2, 0.25) is 0 Å². The summed E-state index contributed by atoms with van der Waals surface area (Å²) in [5.41, 5.74) is 4.07. The number of hydrogen-bond donors (Lipinski definition) is 0. The van der Waals surface area contributed by atoms with E-state index in [2.05, 4.69) is 0 Å². The van der Waals surface area contributed by atoms with Crippen molar-refractivity contribution < 1.29 is 28.9 Å². The molecule has 0 atom stereocenters.